The van der Waals surface area contributed by atoms with Crippen LogP contribution >= 0.6 is 11.6 Å². The highest BCUT2D eigenvalue weighted by Crippen LogP contribution is 2.43. The molecule has 1 saturated heterocycles. The van der Waals surface area contributed by atoms with E-state index in [2.05, 4.69) is 51.1 Å². The summed E-state index contributed by atoms with van der Waals surface area (Å²) in [4.78, 5) is 37.1. The van der Waals surface area contributed by atoms with Crippen LogP contribution in [0.1, 0.15) is 55.5 Å². The number of aromatic nitrogens is 3. The van der Waals surface area contributed by atoms with Crippen molar-refractivity contribution < 1.29 is 22.9 Å². The third-order valence-corrected chi connectivity index (χ3v) is 13.7. The smallest absolute Gasteiger partial charge is 0.293 e. The van der Waals surface area contributed by atoms with Crippen LogP contribution in [-0.4, -0.2) is 83.6 Å². The van der Waals surface area contributed by atoms with Crippen molar-refractivity contribution >= 4 is 60.8 Å². The zero-order valence-electron chi connectivity index (χ0n) is 34.8. The second kappa shape index (κ2) is 18.2. The summed E-state index contributed by atoms with van der Waals surface area (Å²) in [6, 6.07) is 24.6. The van der Waals surface area contributed by atoms with E-state index in [0.717, 1.165) is 79.7 Å². The normalized spacial score (nSPS) is 15.8. The third kappa shape index (κ3) is 10.0. The molecule has 2 aromatic heterocycles. The Morgan fingerprint density at radius 1 is 1.00 bits per heavy atom. The SMILES string of the molecule is CC1(C)CCC(CN2CCN(c3ccc(C(=O)CS(=O)(=O)c4ccc(NCCCn5ccnc5)c([N+](=O)[O-])c4)c(Oc4ccc5[nH]ccc5c4)c3)CC2)=C(c2ccc(Cl)cc2)C1. The van der Waals surface area contributed by atoms with Gasteiger partial charge in [0.05, 0.1) is 21.7 Å². The van der Waals surface area contributed by atoms with Crippen LogP contribution in [0.3, 0.4) is 0 Å². The van der Waals surface area contributed by atoms with Crippen LogP contribution < -0.4 is 15.0 Å². The first-order valence-electron chi connectivity index (χ1n) is 20.9. The van der Waals surface area contributed by atoms with Crippen molar-refractivity contribution in [2.45, 2.75) is 51.0 Å². The summed E-state index contributed by atoms with van der Waals surface area (Å²) < 4.78 is 35.9. The summed E-state index contributed by atoms with van der Waals surface area (Å²) in [5, 5.41) is 16.8. The average Bonchev–Trinajstić information content (AvgIpc) is 3.96. The summed E-state index contributed by atoms with van der Waals surface area (Å²) in [5.41, 5.74) is 6.03. The Morgan fingerprint density at radius 2 is 1.81 bits per heavy atom. The van der Waals surface area contributed by atoms with E-state index in [1.54, 1.807) is 30.7 Å². The predicted molar refractivity (Wildman–Crippen MR) is 244 cm³/mol. The Balaban J connectivity index is 0.992. The number of imidazole rings is 1. The molecule has 3 heterocycles. The number of nitro groups is 1. The number of H-pyrrole nitrogens is 1. The molecule has 62 heavy (non-hydrogen) atoms. The average molecular weight is 876 g/mol. The Hall–Kier alpha value is -5.96. The second-order valence-corrected chi connectivity index (χ2v) is 19.3. The van der Waals surface area contributed by atoms with E-state index in [1.807, 2.05) is 53.4 Å². The van der Waals surface area contributed by atoms with Gasteiger partial charge in [0.25, 0.3) is 5.69 Å². The number of sulfone groups is 1. The van der Waals surface area contributed by atoms with Crippen LogP contribution in [0.25, 0.3) is 16.5 Å². The Morgan fingerprint density at radius 3 is 2.56 bits per heavy atom. The summed E-state index contributed by atoms with van der Waals surface area (Å²) in [5.74, 6) is -0.884. The van der Waals surface area contributed by atoms with E-state index in [4.69, 9.17) is 16.3 Å². The molecule has 4 aromatic carbocycles. The molecule has 2 N–H and O–H groups in total. The van der Waals surface area contributed by atoms with E-state index in [-0.39, 0.29) is 27.3 Å². The molecule has 0 amide bonds. The highest BCUT2D eigenvalue weighted by atomic mass is 35.5. The van der Waals surface area contributed by atoms with E-state index < -0.39 is 32.0 Å². The van der Waals surface area contributed by atoms with Crippen LogP contribution in [0.4, 0.5) is 17.1 Å². The first-order valence-corrected chi connectivity index (χ1v) is 22.9. The van der Waals surface area contributed by atoms with E-state index in [9.17, 15) is 23.3 Å². The fraction of sp³-hybridized carbons (Fsp3) is 0.319. The van der Waals surface area contributed by atoms with Gasteiger partial charge in [0.2, 0.25) is 0 Å². The van der Waals surface area contributed by atoms with Gasteiger partial charge in [-0.2, -0.15) is 0 Å². The Bertz CT molecular complexity index is 2720. The number of Topliss-reactive ketones (excluding diaryl/α,β-unsaturated/α-hetero) is 1. The topological polar surface area (TPSA) is 156 Å². The number of benzene rings is 4. The number of aromatic amines is 1. The number of hydrogen-bond acceptors (Lipinski definition) is 10. The summed E-state index contributed by atoms with van der Waals surface area (Å²) >= 11 is 6.24. The number of carbonyl (C=O) groups is 1. The first-order chi connectivity index (χ1) is 29.8. The molecule has 15 heteroatoms. The van der Waals surface area contributed by atoms with Crippen molar-refractivity contribution in [3.63, 3.8) is 0 Å². The molecule has 0 saturated carbocycles. The van der Waals surface area contributed by atoms with Crippen molar-refractivity contribution in [2.75, 3.05) is 55.2 Å². The molecule has 0 spiro atoms. The molecular weight excluding hydrogens is 826 g/mol. The minimum absolute atomic E-state index is 0.0951. The molecular formula is C47H50ClN7O6S. The van der Waals surface area contributed by atoms with Gasteiger partial charge in [-0.25, -0.2) is 13.4 Å². The first kappa shape index (κ1) is 42.7. The number of nitro benzene ring substituents is 1. The fourth-order valence-corrected chi connectivity index (χ4v) is 9.75. The molecule has 0 unspecified atom stereocenters. The van der Waals surface area contributed by atoms with Crippen LogP contribution in [0.15, 0.2) is 120 Å². The van der Waals surface area contributed by atoms with Crippen molar-refractivity contribution in [1.29, 1.82) is 0 Å². The maximum atomic E-state index is 14.0. The van der Waals surface area contributed by atoms with Gasteiger partial charge >= 0.3 is 0 Å². The number of fused-ring (bicyclic) bond motifs is 1. The number of nitrogens with zero attached hydrogens (tertiary/aromatic N) is 5. The highest BCUT2D eigenvalue weighted by Gasteiger charge is 2.30. The van der Waals surface area contributed by atoms with Crippen molar-refractivity contribution in [3.8, 4) is 11.5 Å². The van der Waals surface area contributed by atoms with Crippen LogP contribution in [0, 0.1) is 15.5 Å². The summed E-state index contributed by atoms with van der Waals surface area (Å²) in [6.07, 6.45) is 10.9. The van der Waals surface area contributed by atoms with E-state index in [1.165, 1.54) is 28.8 Å². The molecule has 2 aliphatic rings. The fourth-order valence-electron chi connectivity index (χ4n) is 8.39. The Labute approximate surface area is 366 Å². The quantitative estimate of drug-likeness (QED) is 0.0416. The zero-order valence-corrected chi connectivity index (χ0v) is 36.4. The second-order valence-electron chi connectivity index (χ2n) is 16.9. The number of ether oxygens (including phenoxy) is 1. The number of nitrogens with one attached hydrogen (secondary N) is 2. The minimum Gasteiger partial charge on any atom is -0.457 e. The lowest BCUT2D eigenvalue weighted by Crippen LogP contribution is -2.47. The van der Waals surface area contributed by atoms with Crippen molar-refractivity contribution in [1.82, 2.24) is 19.4 Å². The molecule has 8 rings (SSSR count). The van der Waals surface area contributed by atoms with E-state index in [0.29, 0.717) is 25.3 Å². The van der Waals surface area contributed by atoms with Gasteiger partial charge in [-0.05, 0) is 103 Å². The number of hydrogen-bond donors (Lipinski definition) is 2. The number of rotatable bonds is 16. The predicted octanol–water partition coefficient (Wildman–Crippen LogP) is 9.66. The molecule has 1 aliphatic carbocycles. The lowest BCUT2D eigenvalue weighted by Gasteiger charge is -2.39. The van der Waals surface area contributed by atoms with Gasteiger partial charge in [0.1, 0.15) is 22.9 Å². The Kier molecular flexibility index (Phi) is 12.5. The maximum absolute atomic E-state index is 14.0. The summed E-state index contributed by atoms with van der Waals surface area (Å²) in [7, 11) is -4.30. The van der Waals surface area contributed by atoms with Crippen molar-refractivity contribution in [2.24, 2.45) is 5.41 Å². The van der Waals surface area contributed by atoms with E-state index >= 15 is 0 Å². The molecule has 0 radical (unpaired) electrons. The molecule has 322 valence electrons. The zero-order chi connectivity index (χ0) is 43.4. The molecule has 1 fully saturated rings. The lowest BCUT2D eigenvalue weighted by molar-refractivity contribution is -0.384. The number of piperazine rings is 1. The number of allylic oxidation sites excluding steroid dienone is 1. The van der Waals surface area contributed by atoms with Crippen molar-refractivity contribution in [3.05, 3.63) is 142 Å². The standard InChI is InChI=1S/C47H50ClN7O6S/c1-47(2)16-14-35(41(29-47)33-4-6-36(48)7-5-33)30-52-22-24-54(25-23-52)37-8-11-40(46(27-37)61-38-9-12-42-34(26-38)15-18-51-42)45(56)31-62(59,60)39-10-13-43(44(28-39)55(57)58)50-17-3-20-53-21-19-49-32-53/h4-13,15,18-19,21,26-28,32,50-51H,3,14,16-17,20,22-25,29-31H2,1-2H3. The molecule has 0 atom stereocenters. The van der Waals surface area contributed by atoms with Crippen LogP contribution in [0.2, 0.25) is 5.02 Å². The molecule has 0 bridgehead atoms. The van der Waals surface area contributed by atoms with Gasteiger partial charge in [0.15, 0.2) is 15.6 Å². The summed E-state index contributed by atoms with van der Waals surface area (Å²) in [6.45, 7) is 9.82. The maximum Gasteiger partial charge on any atom is 0.293 e. The largest absolute Gasteiger partial charge is 0.457 e. The molecule has 6 aromatic rings. The monoisotopic (exact) mass is 875 g/mol. The van der Waals surface area contributed by atoms with Gasteiger partial charge in [-0.15, -0.1) is 0 Å². The van der Waals surface area contributed by atoms with Gasteiger partial charge in [-0.3, -0.25) is 19.8 Å². The number of carbonyl (C=O) groups excluding carboxylic acids is 1. The number of anilines is 2. The molecule has 1 aliphatic heterocycles. The third-order valence-electron chi connectivity index (χ3n) is 11.9. The lowest BCUT2D eigenvalue weighted by atomic mass is 9.72. The van der Waals surface area contributed by atoms with Crippen LogP contribution in [0.5, 0.6) is 11.5 Å². The number of ketones is 1. The highest BCUT2D eigenvalue weighted by molar-refractivity contribution is 7.92. The molecule has 13 nitrogen and oxygen atoms in total. The van der Waals surface area contributed by atoms with Crippen LogP contribution in [-0.2, 0) is 16.4 Å². The van der Waals surface area contributed by atoms with Gasteiger partial charge in [0, 0.05) is 98.1 Å². The number of aryl methyl sites for hydroxylation is 1. The number of halogens is 1. The minimum atomic E-state index is -4.30. The van der Waals surface area contributed by atoms with Gasteiger partial charge in [-0.1, -0.05) is 43.2 Å². The van der Waals surface area contributed by atoms with Gasteiger partial charge < -0.3 is 24.5 Å².